The smallest absolute Gasteiger partial charge is 0.139 e. The fraction of sp³-hybridized carbons (Fsp3) is 1.00. The Morgan fingerprint density at radius 2 is 1.92 bits per heavy atom. The van der Waals surface area contributed by atoms with Crippen molar-refractivity contribution >= 4 is 0 Å². The Morgan fingerprint density at radius 1 is 1.42 bits per heavy atom. The zero-order valence-electron chi connectivity index (χ0n) is 8.39. The fourth-order valence-corrected chi connectivity index (χ4v) is 2.31. The van der Waals surface area contributed by atoms with Crippen molar-refractivity contribution in [2.75, 3.05) is 0 Å². The molecule has 1 rings (SSSR count). The van der Waals surface area contributed by atoms with Gasteiger partial charge in [0.25, 0.3) is 0 Å². The van der Waals surface area contributed by atoms with E-state index < -0.39 is 11.3 Å². The summed E-state index contributed by atoms with van der Waals surface area (Å²) in [6.07, 6.45) is 1.39. The van der Waals surface area contributed by atoms with Crippen LogP contribution >= 0.6 is 0 Å². The van der Waals surface area contributed by atoms with Crippen molar-refractivity contribution < 1.29 is 9.50 Å². The average Bonchev–Trinajstić information content (AvgIpc) is 2.03. The van der Waals surface area contributed by atoms with Crippen molar-refractivity contribution in [1.82, 2.24) is 0 Å². The maximum atomic E-state index is 14.1. The molecule has 2 heteroatoms. The molecule has 0 radical (unpaired) electrons. The fourth-order valence-electron chi connectivity index (χ4n) is 2.31. The average molecular weight is 174 g/mol. The predicted octanol–water partition coefficient (Wildman–Crippen LogP) is 2.53. The highest BCUT2D eigenvalue weighted by Gasteiger charge is 2.55. The van der Waals surface area contributed by atoms with Crippen molar-refractivity contribution in [3.8, 4) is 0 Å². The van der Waals surface area contributed by atoms with Crippen molar-refractivity contribution in [3.05, 3.63) is 0 Å². The largest absolute Gasteiger partial charge is 0.387 e. The minimum atomic E-state index is -1.42. The van der Waals surface area contributed by atoms with Gasteiger partial charge in [-0.1, -0.05) is 13.8 Å². The molecule has 1 nitrogen and oxygen atoms in total. The number of aliphatic hydroxyl groups is 1. The van der Waals surface area contributed by atoms with Crippen LogP contribution in [0, 0.1) is 11.8 Å². The SMILES string of the molecule is CC(C)C1CC[C@@](C)(O)[C@]1(C)F. The lowest BCUT2D eigenvalue weighted by molar-refractivity contribution is -0.0820. The third-order valence-electron chi connectivity index (χ3n) is 3.50. The molecule has 0 aromatic carbocycles. The summed E-state index contributed by atoms with van der Waals surface area (Å²) in [6, 6.07) is 0. The van der Waals surface area contributed by atoms with Crippen LogP contribution < -0.4 is 0 Å². The van der Waals surface area contributed by atoms with Crippen molar-refractivity contribution in [1.29, 1.82) is 0 Å². The first kappa shape index (κ1) is 9.97. The monoisotopic (exact) mass is 174 g/mol. The quantitative estimate of drug-likeness (QED) is 0.647. The van der Waals surface area contributed by atoms with E-state index in [0.29, 0.717) is 12.3 Å². The molecule has 1 aliphatic carbocycles. The molecule has 12 heavy (non-hydrogen) atoms. The van der Waals surface area contributed by atoms with Gasteiger partial charge in [0.15, 0.2) is 0 Å². The van der Waals surface area contributed by atoms with Crippen LogP contribution in [0.4, 0.5) is 4.39 Å². The van der Waals surface area contributed by atoms with Crippen LogP contribution in [0.15, 0.2) is 0 Å². The molecular weight excluding hydrogens is 155 g/mol. The second-order valence-electron chi connectivity index (χ2n) is 4.74. The Morgan fingerprint density at radius 3 is 2.08 bits per heavy atom. The molecule has 1 fully saturated rings. The first-order valence-electron chi connectivity index (χ1n) is 4.70. The van der Waals surface area contributed by atoms with Crippen LogP contribution in [0.3, 0.4) is 0 Å². The van der Waals surface area contributed by atoms with Crippen LogP contribution in [0.2, 0.25) is 0 Å². The van der Waals surface area contributed by atoms with Gasteiger partial charge in [-0.05, 0) is 38.5 Å². The standard InChI is InChI=1S/C10H19FO/c1-7(2)8-5-6-9(3,12)10(8,4)11/h7-8,12H,5-6H2,1-4H3/t8?,9-,10-/m1/s1. The summed E-state index contributed by atoms with van der Waals surface area (Å²) < 4.78 is 14.1. The second-order valence-corrected chi connectivity index (χ2v) is 4.74. The summed E-state index contributed by atoms with van der Waals surface area (Å²) in [7, 11) is 0. The summed E-state index contributed by atoms with van der Waals surface area (Å²) in [5, 5.41) is 9.77. The van der Waals surface area contributed by atoms with E-state index in [1.807, 2.05) is 13.8 Å². The van der Waals surface area contributed by atoms with E-state index in [0.717, 1.165) is 6.42 Å². The molecule has 0 heterocycles. The summed E-state index contributed by atoms with van der Waals surface area (Å²) in [4.78, 5) is 0. The van der Waals surface area contributed by atoms with E-state index in [2.05, 4.69) is 0 Å². The Balaban J connectivity index is 2.85. The Hall–Kier alpha value is -0.110. The van der Waals surface area contributed by atoms with Gasteiger partial charge in [0.2, 0.25) is 0 Å². The van der Waals surface area contributed by atoms with E-state index in [1.54, 1.807) is 6.92 Å². The second kappa shape index (κ2) is 2.69. The first-order valence-corrected chi connectivity index (χ1v) is 4.70. The predicted molar refractivity (Wildman–Crippen MR) is 47.7 cm³/mol. The molecule has 0 spiro atoms. The van der Waals surface area contributed by atoms with E-state index in [-0.39, 0.29) is 5.92 Å². The molecule has 1 saturated carbocycles. The number of alkyl halides is 1. The van der Waals surface area contributed by atoms with Gasteiger partial charge in [0.05, 0.1) is 5.60 Å². The molecule has 0 aliphatic heterocycles. The number of hydrogen-bond donors (Lipinski definition) is 1. The number of hydrogen-bond acceptors (Lipinski definition) is 1. The van der Waals surface area contributed by atoms with Crippen molar-refractivity contribution in [2.24, 2.45) is 11.8 Å². The molecule has 0 amide bonds. The first-order chi connectivity index (χ1) is 5.29. The minimum Gasteiger partial charge on any atom is -0.387 e. The highest BCUT2D eigenvalue weighted by molar-refractivity contribution is 5.05. The van der Waals surface area contributed by atoms with Gasteiger partial charge in [-0.3, -0.25) is 0 Å². The molecule has 0 aromatic rings. The molecular formula is C10H19FO. The van der Waals surface area contributed by atoms with Crippen LogP contribution in [0.25, 0.3) is 0 Å². The Bertz CT molecular complexity index is 173. The van der Waals surface area contributed by atoms with Gasteiger partial charge in [-0.2, -0.15) is 0 Å². The third-order valence-corrected chi connectivity index (χ3v) is 3.50. The molecule has 3 atom stereocenters. The molecule has 1 N–H and O–H groups in total. The van der Waals surface area contributed by atoms with Crippen LogP contribution in [0.1, 0.15) is 40.5 Å². The lowest BCUT2D eigenvalue weighted by Gasteiger charge is -2.35. The van der Waals surface area contributed by atoms with Gasteiger partial charge in [-0.25, -0.2) is 4.39 Å². The van der Waals surface area contributed by atoms with Gasteiger partial charge < -0.3 is 5.11 Å². The molecule has 1 unspecified atom stereocenters. The zero-order valence-corrected chi connectivity index (χ0v) is 8.39. The van der Waals surface area contributed by atoms with E-state index in [9.17, 15) is 9.50 Å². The molecule has 0 aromatic heterocycles. The zero-order chi connectivity index (χ0) is 9.57. The van der Waals surface area contributed by atoms with E-state index in [4.69, 9.17) is 0 Å². The lowest BCUT2D eigenvalue weighted by atomic mass is 9.80. The minimum absolute atomic E-state index is 0.00694. The molecule has 72 valence electrons. The van der Waals surface area contributed by atoms with Crippen LogP contribution in [0.5, 0.6) is 0 Å². The normalized spacial score (nSPS) is 48.8. The van der Waals surface area contributed by atoms with E-state index >= 15 is 0 Å². The molecule has 0 saturated heterocycles. The summed E-state index contributed by atoms with van der Waals surface area (Å²) >= 11 is 0. The highest BCUT2D eigenvalue weighted by Crippen LogP contribution is 2.49. The van der Waals surface area contributed by atoms with Crippen molar-refractivity contribution in [3.63, 3.8) is 0 Å². The number of halogens is 1. The van der Waals surface area contributed by atoms with Gasteiger partial charge in [0.1, 0.15) is 5.67 Å². The topological polar surface area (TPSA) is 20.2 Å². The maximum Gasteiger partial charge on any atom is 0.139 e. The molecule has 0 bridgehead atoms. The third kappa shape index (κ3) is 1.26. The Kier molecular flexibility index (Phi) is 2.24. The maximum absolute atomic E-state index is 14.1. The van der Waals surface area contributed by atoms with Gasteiger partial charge >= 0.3 is 0 Å². The van der Waals surface area contributed by atoms with E-state index in [1.165, 1.54) is 6.92 Å². The Labute approximate surface area is 74.0 Å². The van der Waals surface area contributed by atoms with Crippen LogP contribution in [-0.4, -0.2) is 16.4 Å². The lowest BCUT2D eigenvalue weighted by Crippen LogP contribution is -2.46. The van der Waals surface area contributed by atoms with Crippen LogP contribution in [-0.2, 0) is 0 Å². The summed E-state index contributed by atoms with van der Waals surface area (Å²) in [5.74, 6) is 0.321. The van der Waals surface area contributed by atoms with Gasteiger partial charge in [0, 0.05) is 0 Å². The van der Waals surface area contributed by atoms with Crippen molar-refractivity contribution in [2.45, 2.75) is 51.8 Å². The van der Waals surface area contributed by atoms with Gasteiger partial charge in [-0.15, -0.1) is 0 Å². The summed E-state index contributed by atoms with van der Waals surface area (Å²) in [6.45, 7) is 7.17. The highest BCUT2D eigenvalue weighted by atomic mass is 19.1. The number of rotatable bonds is 1. The molecule has 1 aliphatic rings. The summed E-state index contributed by atoms with van der Waals surface area (Å²) in [5.41, 5.74) is -2.54.